The molecule has 2 atom stereocenters. The van der Waals surface area contributed by atoms with Crippen LogP contribution in [0.1, 0.15) is 38.8 Å². The van der Waals surface area contributed by atoms with E-state index in [0.717, 1.165) is 13.1 Å². The van der Waals surface area contributed by atoms with Crippen molar-refractivity contribution in [1.82, 2.24) is 0 Å². The van der Waals surface area contributed by atoms with E-state index in [2.05, 4.69) is 122 Å². The van der Waals surface area contributed by atoms with E-state index in [4.69, 9.17) is 0 Å². The van der Waals surface area contributed by atoms with Gasteiger partial charge in [0, 0.05) is 24.5 Å². The summed E-state index contributed by atoms with van der Waals surface area (Å²) in [6, 6.07) is 22.3. The van der Waals surface area contributed by atoms with Crippen LogP contribution >= 0.6 is 0 Å². The molecule has 4 nitrogen and oxygen atoms in total. The number of para-hydroxylation sites is 4. The average molecular weight is 427 g/mol. The minimum Gasteiger partial charge on any atom is -0.350 e. The summed E-state index contributed by atoms with van der Waals surface area (Å²) in [5, 5.41) is 0. The highest BCUT2D eigenvalue weighted by molar-refractivity contribution is 5.90. The predicted octanol–water partition coefficient (Wildman–Crippen LogP) is 6.95. The van der Waals surface area contributed by atoms with E-state index in [1.165, 1.54) is 45.3 Å². The SMILES string of the molecule is CCN1c2ccccc2N(c2cc(C)cc(N3c4ccccc4N(CC)[C@@H]3C)c2C)[C@@H]1C. The fourth-order valence-electron chi connectivity index (χ4n) is 5.76. The fraction of sp³-hybridized carbons (Fsp3) is 0.357. The summed E-state index contributed by atoms with van der Waals surface area (Å²) in [4.78, 5) is 10.0. The standard InChI is InChI=1S/C28H34N4/c1-7-29-21(5)31(25-15-11-9-13-23(25)29)27-17-19(3)18-28(20(27)4)32-22(6)30(8-2)24-14-10-12-16-26(24)32/h9-18,21-22H,7-8H2,1-6H3/t21-,22+. The van der Waals surface area contributed by atoms with Gasteiger partial charge in [0.1, 0.15) is 12.3 Å². The van der Waals surface area contributed by atoms with Gasteiger partial charge < -0.3 is 19.6 Å². The van der Waals surface area contributed by atoms with Crippen molar-refractivity contribution in [2.24, 2.45) is 0 Å². The molecule has 0 spiro atoms. The third-order valence-corrected chi connectivity index (χ3v) is 7.25. The number of hydrogen-bond acceptors (Lipinski definition) is 4. The Kier molecular flexibility index (Phi) is 5.04. The predicted molar refractivity (Wildman–Crippen MR) is 138 cm³/mol. The first-order valence-electron chi connectivity index (χ1n) is 11.9. The minimum atomic E-state index is 0.279. The van der Waals surface area contributed by atoms with E-state index in [0.29, 0.717) is 0 Å². The van der Waals surface area contributed by atoms with Crippen molar-refractivity contribution in [2.45, 2.75) is 53.9 Å². The van der Waals surface area contributed by atoms with Gasteiger partial charge in [0.05, 0.1) is 22.7 Å². The highest BCUT2D eigenvalue weighted by Gasteiger charge is 2.37. The van der Waals surface area contributed by atoms with Crippen LogP contribution < -0.4 is 19.6 Å². The zero-order valence-electron chi connectivity index (χ0n) is 20.1. The van der Waals surface area contributed by atoms with Crippen molar-refractivity contribution in [3.63, 3.8) is 0 Å². The summed E-state index contributed by atoms with van der Waals surface area (Å²) < 4.78 is 0. The molecular weight excluding hydrogens is 392 g/mol. The van der Waals surface area contributed by atoms with E-state index in [9.17, 15) is 0 Å². The smallest absolute Gasteiger partial charge is 0.104 e. The summed E-state index contributed by atoms with van der Waals surface area (Å²) in [5.41, 5.74) is 10.5. The Bertz CT molecular complexity index is 1070. The first-order valence-corrected chi connectivity index (χ1v) is 11.9. The molecular formula is C28H34N4. The van der Waals surface area contributed by atoms with Crippen molar-refractivity contribution in [3.05, 3.63) is 71.8 Å². The van der Waals surface area contributed by atoms with E-state index in [-0.39, 0.29) is 12.3 Å². The number of rotatable bonds is 4. The summed E-state index contributed by atoms with van der Waals surface area (Å²) in [6.45, 7) is 15.6. The number of nitrogens with zero attached hydrogens (tertiary/aromatic N) is 4. The molecule has 3 aromatic carbocycles. The minimum absolute atomic E-state index is 0.279. The van der Waals surface area contributed by atoms with Gasteiger partial charge in [-0.2, -0.15) is 0 Å². The Morgan fingerprint density at radius 1 is 0.594 bits per heavy atom. The van der Waals surface area contributed by atoms with Gasteiger partial charge in [0.25, 0.3) is 0 Å². The lowest BCUT2D eigenvalue weighted by atomic mass is 10.0. The molecule has 5 rings (SSSR count). The monoisotopic (exact) mass is 426 g/mol. The molecule has 32 heavy (non-hydrogen) atoms. The van der Waals surface area contributed by atoms with Crippen molar-refractivity contribution in [2.75, 3.05) is 32.7 Å². The van der Waals surface area contributed by atoms with Crippen LogP contribution in [0.5, 0.6) is 0 Å². The van der Waals surface area contributed by atoms with Crippen molar-refractivity contribution >= 4 is 34.1 Å². The number of benzene rings is 3. The molecule has 0 fully saturated rings. The Balaban J connectivity index is 1.67. The van der Waals surface area contributed by atoms with Crippen LogP contribution in [-0.4, -0.2) is 25.4 Å². The van der Waals surface area contributed by atoms with Gasteiger partial charge in [-0.15, -0.1) is 0 Å². The quantitative estimate of drug-likeness (QED) is 0.447. The van der Waals surface area contributed by atoms with Crippen LogP contribution in [-0.2, 0) is 0 Å². The fourth-order valence-corrected chi connectivity index (χ4v) is 5.76. The first-order chi connectivity index (χ1) is 15.5. The topological polar surface area (TPSA) is 13.0 Å². The summed E-state index contributed by atoms with van der Waals surface area (Å²) in [7, 11) is 0. The molecule has 2 aliphatic rings. The first kappa shape index (κ1) is 20.7. The van der Waals surface area contributed by atoms with E-state index in [1.54, 1.807) is 0 Å². The molecule has 4 heteroatoms. The zero-order chi connectivity index (χ0) is 22.6. The molecule has 166 valence electrons. The lowest BCUT2D eigenvalue weighted by Crippen LogP contribution is -2.40. The third kappa shape index (κ3) is 2.89. The van der Waals surface area contributed by atoms with Crippen molar-refractivity contribution < 1.29 is 0 Å². The van der Waals surface area contributed by atoms with Gasteiger partial charge in [0.15, 0.2) is 0 Å². The Hall–Kier alpha value is -3.14. The number of fused-ring (bicyclic) bond motifs is 2. The maximum Gasteiger partial charge on any atom is 0.104 e. The second-order valence-corrected chi connectivity index (χ2v) is 8.98. The number of aryl methyl sites for hydroxylation is 1. The lowest BCUT2D eigenvalue weighted by Gasteiger charge is -2.34. The molecule has 2 heterocycles. The van der Waals surface area contributed by atoms with Crippen LogP contribution in [0.2, 0.25) is 0 Å². The maximum atomic E-state index is 2.52. The molecule has 0 unspecified atom stereocenters. The van der Waals surface area contributed by atoms with Crippen LogP contribution in [0, 0.1) is 13.8 Å². The molecule has 3 aromatic rings. The van der Waals surface area contributed by atoms with E-state index in [1.807, 2.05) is 0 Å². The highest BCUT2D eigenvalue weighted by Crippen LogP contribution is 2.49. The van der Waals surface area contributed by atoms with E-state index >= 15 is 0 Å². The average Bonchev–Trinajstić information content (AvgIpc) is 3.24. The molecule has 0 bridgehead atoms. The molecule has 0 aromatic heterocycles. The molecule has 2 aliphatic heterocycles. The lowest BCUT2D eigenvalue weighted by molar-refractivity contribution is 0.685. The van der Waals surface area contributed by atoms with Crippen LogP contribution in [0.3, 0.4) is 0 Å². The Labute approximate surface area is 192 Å². The summed E-state index contributed by atoms with van der Waals surface area (Å²) in [5.74, 6) is 0. The number of anilines is 6. The summed E-state index contributed by atoms with van der Waals surface area (Å²) in [6.07, 6.45) is 0.558. The van der Waals surface area contributed by atoms with Crippen molar-refractivity contribution in [3.8, 4) is 0 Å². The Morgan fingerprint density at radius 3 is 1.34 bits per heavy atom. The molecule has 0 radical (unpaired) electrons. The van der Waals surface area contributed by atoms with Crippen LogP contribution in [0.15, 0.2) is 60.7 Å². The van der Waals surface area contributed by atoms with Gasteiger partial charge in [-0.1, -0.05) is 24.3 Å². The van der Waals surface area contributed by atoms with Crippen LogP contribution in [0.25, 0.3) is 0 Å². The second kappa shape index (κ2) is 7.77. The van der Waals surface area contributed by atoms with Gasteiger partial charge >= 0.3 is 0 Å². The highest BCUT2D eigenvalue weighted by atomic mass is 15.4. The van der Waals surface area contributed by atoms with Gasteiger partial charge in [-0.05, 0) is 89.1 Å². The molecule has 0 saturated heterocycles. The molecule has 0 saturated carbocycles. The maximum absolute atomic E-state index is 2.52. The van der Waals surface area contributed by atoms with E-state index < -0.39 is 0 Å². The zero-order valence-corrected chi connectivity index (χ0v) is 20.1. The number of hydrogen-bond donors (Lipinski definition) is 0. The molecule has 0 N–H and O–H groups in total. The Morgan fingerprint density at radius 2 is 0.969 bits per heavy atom. The van der Waals surface area contributed by atoms with Crippen molar-refractivity contribution in [1.29, 1.82) is 0 Å². The van der Waals surface area contributed by atoms with Gasteiger partial charge in [-0.3, -0.25) is 0 Å². The third-order valence-electron chi connectivity index (χ3n) is 7.25. The van der Waals surface area contributed by atoms with Gasteiger partial charge in [0.2, 0.25) is 0 Å². The largest absolute Gasteiger partial charge is 0.350 e. The van der Waals surface area contributed by atoms with Crippen LogP contribution in [0.4, 0.5) is 34.1 Å². The molecule has 0 aliphatic carbocycles. The molecule has 0 amide bonds. The normalized spacial score (nSPS) is 19.6. The summed E-state index contributed by atoms with van der Waals surface area (Å²) >= 11 is 0. The second-order valence-electron chi connectivity index (χ2n) is 8.98. The van der Waals surface area contributed by atoms with Gasteiger partial charge in [-0.25, -0.2) is 0 Å².